The highest BCUT2D eigenvalue weighted by Gasteiger charge is 2.31. The molecule has 16 heavy (non-hydrogen) atoms. The van der Waals surface area contributed by atoms with Crippen LogP contribution in [0.1, 0.15) is 39.5 Å². The van der Waals surface area contributed by atoms with Crippen LogP contribution in [0.15, 0.2) is 24.5 Å². The van der Waals surface area contributed by atoms with Crippen molar-refractivity contribution in [3.63, 3.8) is 0 Å². The third-order valence-electron chi connectivity index (χ3n) is 3.18. The Balaban J connectivity index is 2.57. The molecule has 0 aliphatic carbocycles. The van der Waals surface area contributed by atoms with Crippen molar-refractivity contribution in [2.45, 2.75) is 57.7 Å². The summed E-state index contributed by atoms with van der Waals surface area (Å²) in [7, 11) is 0. The van der Waals surface area contributed by atoms with E-state index >= 15 is 0 Å². The van der Waals surface area contributed by atoms with E-state index in [-0.39, 0.29) is 6.04 Å². The lowest BCUT2D eigenvalue weighted by atomic mass is 9.89. The zero-order valence-electron chi connectivity index (χ0n) is 10.4. The molecule has 0 bridgehead atoms. The molecule has 2 unspecified atom stereocenters. The van der Waals surface area contributed by atoms with Gasteiger partial charge in [-0.2, -0.15) is 0 Å². The van der Waals surface area contributed by atoms with Gasteiger partial charge in [-0.1, -0.05) is 26.2 Å². The number of aliphatic hydroxyl groups is 1. The molecule has 0 aliphatic heterocycles. The molecule has 3 nitrogen and oxygen atoms in total. The van der Waals surface area contributed by atoms with Gasteiger partial charge in [-0.3, -0.25) is 0 Å². The van der Waals surface area contributed by atoms with E-state index in [4.69, 9.17) is 5.73 Å². The summed E-state index contributed by atoms with van der Waals surface area (Å²) in [6.07, 6.45) is 8.06. The molecule has 0 fully saturated rings. The standard InChI is InChI=1S/C13H24N2O/c1-3-4-5-8-13(16,12(2)14)11-15-9-6-7-10-15/h6-7,9-10,12,16H,3-5,8,11,14H2,1-2H3. The first-order valence-electron chi connectivity index (χ1n) is 6.17. The first-order chi connectivity index (χ1) is 7.58. The Morgan fingerprint density at radius 2 is 1.94 bits per heavy atom. The molecule has 1 aromatic rings. The molecule has 0 saturated carbocycles. The van der Waals surface area contributed by atoms with Gasteiger partial charge >= 0.3 is 0 Å². The predicted octanol–water partition coefficient (Wildman–Crippen LogP) is 2.15. The van der Waals surface area contributed by atoms with Gasteiger partial charge in [-0.05, 0) is 25.5 Å². The summed E-state index contributed by atoms with van der Waals surface area (Å²) in [4.78, 5) is 0. The molecular formula is C13H24N2O. The van der Waals surface area contributed by atoms with Crippen molar-refractivity contribution in [2.24, 2.45) is 5.73 Å². The van der Waals surface area contributed by atoms with Crippen LogP contribution < -0.4 is 5.73 Å². The molecule has 1 aromatic heterocycles. The second kappa shape index (κ2) is 6.06. The SMILES string of the molecule is CCCCCC(O)(Cn1cccc1)C(C)N. The van der Waals surface area contributed by atoms with Crippen LogP contribution in [0.5, 0.6) is 0 Å². The summed E-state index contributed by atoms with van der Waals surface area (Å²) >= 11 is 0. The molecule has 1 heterocycles. The smallest absolute Gasteiger partial charge is 0.0972 e. The molecule has 0 spiro atoms. The summed E-state index contributed by atoms with van der Waals surface area (Å²) in [5.41, 5.74) is 5.12. The summed E-state index contributed by atoms with van der Waals surface area (Å²) in [6, 6.07) is 3.73. The van der Waals surface area contributed by atoms with Gasteiger partial charge in [0.05, 0.1) is 12.1 Å². The fourth-order valence-electron chi connectivity index (χ4n) is 1.92. The van der Waals surface area contributed by atoms with E-state index in [1.807, 2.05) is 36.0 Å². The number of unbranched alkanes of at least 4 members (excludes halogenated alkanes) is 2. The average molecular weight is 224 g/mol. The van der Waals surface area contributed by atoms with E-state index in [2.05, 4.69) is 6.92 Å². The Morgan fingerprint density at radius 1 is 1.31 bits per heavy atom. The fraction of sp³-hybridized carbons (Fsp3) is 0.692. The van der Waals surface area contributed by atoms with Gasteiger partial charge in [0, 0.05) is 18.4 Å². The van der Waals surface area contributed by atoms with Crippen molar-refractivity contribution in [2.75, 3.05) is 0 Å². The molecule has 0 aliphatic rings. The van der Waals surface area contributed by atoms with Crippen LogP contribution in [0.4, 0.5) is 0 Å². The van der Waals surface area contributed by atoms with E-state index in [9.17, 15) is 5.11 Å². The summed E-state index contributed by atoms with van der Waals surface area (Å²) in [5.74, 6) is 0. The maximum atomic E-state index is 10.5. The van der Waals surface area contributed by atoms with Crippen LogP contribution in [0.2, 0.25) is 0 Å². The lowest BCUT2D eigenvalue weighted by Gasteiger charge is -2.32. The van der Waals surface area contributed by atoms with Gasteiger partial charge < -0.3 is 15.4 Å². The molecule has 0 radical (unpaired) electrons. The molecule has 3 N–H and O–H groups in total. The molecule has 0 aromatic carbocycles. The number of nitrogens with two attached hydrogens (primary N) is 1. The van der Waals surface area contributed by atoms with Crippen molar-refractivity contribution in [3.05, 3.63) is 24.5 Å². The van der Waals surface area contributed by atoms with Crippen molar-refractivity contribution >= 4 is 0 Å². The summed E-state index contributed by atoms with van der Waals surface area (Å²) in [6.45, 7) is 4.63. The minimum Gasteiger partial charge on any atom is -0.386 e. The van der Waals surface area contributed by atoms with Gasteiger partial charge in [0.2, 0.25) is 0 Å². The lowest BCUT2D eigenvalue weighted by molar-refractivity contribution is -0.00724. The number of nitrogens with zero attached hydrogens (tertiary/aromatic N) is 1. The third kappa shape index (κ3) is 3.65. The molecule has 2 atom stereocenters. The largest absolute Gasteiger partial charge is 0.386 e. The van der Waals surface area contributed by atoms with E-state index in [1.54, 1.807) is 0 Å². The second-order valence-corrected chi connectivity index (χ2v) is 4.70. The van der Waals surface area contributed by atoms with E-state index in [0.717, 1.165) is 19.3 Å². The zero-order valence-corrected chi connectivity index (χ0v) is 10.4. The molecule has 92 valence electrons. The van der Waals surface area contributed by atoms with Crippen LogP contribution in [0.25, 0.3) is 0 Å². The zero-order chi connectivity index (χ0) is 12.0. The highest BCUT2D eigenvalue weighted by atomic mass is 16.3. The van der Waals surface area contributed by atoms with Gasteiger partial charge in [0.25, 0.3) is 0 Å². The van der Waals surface area contributed by atoms with Crippen molar-refractivity contribution in [1.82, 2.24) is 4.57 Å². The quantitative estimate of drug-likeness (QED) is 0.697. The van der Waals surface area contributed by atoms with Gasteiger partial charge in [-0.15, -0.1) is 0 Å². The highest BCUT2D eigenvalue weighted by molar-refractivity contribution is 4.95. The topological polar surface area (TPSA) is 51.2 Å². The van der Waals surface area contributed by atoms with Crippen molar-refractivity contribution in [1.29, 1.82) is 0 Å². The number of aromatic nitrogens is 1. The molecule has 3 heteroatoms. The second-order valence-electron chi connectivity index (χ2n) is 4.70. The monoisotopic (exact) mass is 224 g/mol. The Morgan fingerprint density at radius 3 is 2.44 bits per heavy atom. The van der Waals surface area contributed by atoms with Crippen LogP contribution >= 0.6 is 0 Å². The van der Waals surface area contributed by atoms with E-state index in [1.165, 1.54) is 6.42 Å². The Bertz CT molecular complexity index is 282. The number of rotatable bonds is 7. The lowest BCUT2D eigenvalue weighted by Crippen LogP contribution is -2.49. The summed E-state index contributed by atoms with van der Waals surface area (Å²) < 4.78 is 2.00. The molecular weight excluding hydrogens is 200 g/mol. The summed E-state index contributed by atoms with van der Waals surface area (Å²) in [5, 5.41) is 10.5. The first kappa shape index (κ1) is 13.3. The normalized spacial score (nSPS) is 17.0. The third-order valence-corrected chi connectivity index (χ3v) is 3.18. The van der Waals surface area contributed by atoms with E-state index < -0.39 is 5.60 Å². The van der Waals surface area contributed by atoms with Gasteiger partial charge in [0.15, 0.2) is 0 Å². The molecule has 1 rings (SSSR count). The minimum absolute atomic E-state index is 0.202. The maximum Gasteiger partial charge on any atom is 0.0972 e. The molecule has 0 saturated heterocycles. The molecule has 0 amide bonds. The number of hydrogen-bond acceptors (Lipinski definition) is 2. The van der Waals surface area contributed by atoms with Crippen LogP contribution in [-0.4, -0.2) is 21.3 Å². The van der Waals surface area contributed by atoms with Crippen LogP contribution in [0.3, 0.4) is 0 Å². The number of hydrogen-bond donors (Lipinski definition) is 2. The van der Waals surface area contributed by atoms with Crippen molar-refractivity contribution < 1.29 is 5.11 Å². The first-order valence-corrected chi connectivity index (χ1v) is 6.17. The fourth-order valence-corrected chi connectivity index (χ4v) is 1.92. The Hall–Kier alpha value is -0.800. The maximum absolute atomic E-state index is 10.5. The highest BCUT2D eigenvalue weighted by Crippen LogP contribution is 2.20. The Kier molecular flexibility index (Phi) is 5.03. The Labute approximate surface area is 98.3 Å². The van der Waals surface area contributed by atoms with Crippen LogP contribution in [-0.2, 0) is 6.54 Å². The van der Waals surface area contributed by atoms with Gasteiger partial charge in [0.1, 0.15) is 0 Å². The average Bonchev–Trinajstić information content (AvgIpc) is 2.70. The van der Waals surface area contributed by atoms with Crippen LogP contribution in [0, 0.1) is 0 Å². The van der Waals surface area contributed by atoms with E-state index in [0.29, 0.717) is 6.54 Å². The predicted molar refractivity (Wildman–Crippen MR) is 67.2 cm³/mol. The van der Waals surface area contributed by atoms with Crippen molar-refractivity contribution in [3.8, 4) is 0 Å². The minimum atomic E-state index is -0.784. The van der Waals surface area contributed by atoms with Gasteiger partial charge in [-0.25, -0.2) is 0 Å².